The van der Waals surface area contributed by atoms with Crippen molar-refractivity contribution in [1.29, 1.82) is 0 Å². The maximum Gasteiger partial charge on any atom is 0.224 e. The van der Waals surface area contributed by atoms with Gasteiger partial charge in [0.25, 0.3) is 0 Å². The predicted octanol–water partition coefficient (Wildman–Crippen LogP) is 0.987. The Labute approximate surface area is 131 Å². The Hall–Kier alpha value is -1.60. The maximum absolute atomic E-state index is 11.8. The van der Waals surface area contributed by atoms with Crippen molar-refractivity contribution in [3.8, 4) is 0 Å². The van der Waals surface area contributed by atoms with E-state index in [9.17, 15) is 13.2 Å². The summed E-state index contributed by atoms with van der Waals surface area (Å²) in [7, 11) is -2.89. The van der Waals surface area contributed by atoms with Crippen molar-refractivity contribution in [1.82, 2.24) is 0 Å². The van der Waals surface area contributed by atoms with Gasteiger partial charge < -0.3 is 16.0 Å². The highest BCUT2D eigenvalue weighted by atomic mass is 32.2. The Balaban J connectivity index is 1.97. The van der Waals surface area contributed by atoms with Crippen LogP contribution in [0.4, 0.5) is 11.4 Å². The molecular weight excluding hydrogens is 302 g/mol. The van der Waals surface area contributed by atoms with Gasteiger partial charge in [0.05, 0.1) is 11.5 Å². The van der Waals surface area contributed by atoms with Crippen LogP contribution in [-0.4, -0.2) is 45.0 Å². The highest BCUT2D eigenvalue weighted by molar-refractivity contribution is 7.91. The number of amides is 1. The number of carbonyl (C=O) groups is 1. The van der Waals surface area contributed by atoms with E-state index in [0.717, 1.165) is 11.4 Å². The lowest BCUT2D eigenvalue weighted by Crippen LogP contribution is -2.40. The van der Waals surface area contributed by atoms with Gasteiger partial charge in [0.15, 0.2) is 9.84 Å². The minimum atomic E-state index is -2.89. The van der Waals surface area contributed by atoms with Crippen LogP contribution in [0.2, 0.25) is 0 Å². The van der Waals surface area contributed by atoms with Crippen molar-refractivity contribution in [2.24, 2.45) is 5.73 Å². The van der Waals surface area contributed by atoms with Crippen molar-refractivity contribution in [2.75, 3.05) is 34.8 Å². The van der Waals surface area contributed by atoms with E-state index >= 15 is 0 Å². The molecule has 122 valence electrons. The second kappa shape index (κ2) is 7.11. The molecule has 1 amide bonds. The third-order valence-corrected chi connectivity index (χ3v) is 5.28. The molecule has 0 aliphatic carbocycles. The summed E-state index contributed by atoms with van der Waals surface area (Å²) >= 11 is 0. The first-order valence-corrected chi connectivity index (χ1v) is 9.29. The summed E-state index contributed by atoms with van der Waals surface area (Å²) in [5.74, 6) is 0.298. The van der Waals surface area contributed by atoms with Crippen LogP contribution in [0.5, 0.6) is 0 Å². The van der Waals surface area contributed by atoms with Gasteiger partial charge in [-0.25, -0.2) is 8.42 Å². The fourth-order valence-electron chi connectivity index (χ4n) is 2.33. The summed E-state index contributed by atoms with van der Waals surface area (Å²) in [4.78, 5) is 13.9. The normalized spacial score (nSPS) is 18.7. The molecule has 1 saturated heterocycles. The summed E-state index contributed by atoms with van der Waals surface area (Å²) in [6, 6.07) is 7.50. The van der Waals surface area contributed by atoms with E-state index in [4.69, 9.17) is 5.73 Å². The van der Waals surface area contributed by atoms with Crippen LogP contribution in [0.1, 0.15) is 19.8 Å². The monoisotopic (exact) mass is 325 g/mol. The molecule has 0 spiro atoms. The molecule has 1 aliphatic heterocycles. The molecule has 22 heavy (non-hydrogen) atoms. The number of nitrogens with one attached hydrogen (secondary N) is 1. The van der Waals surface area contributed by atoms with Crippen LogP contribution in [0.3, 0.4) is 0 Å². The number of nitrogens with two attached hydrogens (primary N) is 1. The third kappa shape index (κ3) is 4.99. The molecule has 3 N–H and O–H groups in total. The van der Waals surface area contributed by atoms with Gasteiger partial charge >= 0.3 is 0 Å². The lowest BCUT2D eigenvalue weighted by molar-refractivity contribution is -0.116. The van der Waals surface area contributed by atoms with Crippen LogP contribution in [0, 0.1) is 0 Å². The molecular formula is C15H23N3O3S. The van der Waals surface area contributed by atoms with E-state index in [2.05, 4.69) is 5.32 Å². The van der Waals surface area contributed by atoms with Gasteiger partial charge in [-0.15, -0.1) is 0 Å². The van der Waals surface area contributed by atoms with E-state index in [1.165, 1.54) is 0 Å². The van der Waals surface area contributed by atoms with Crippen LogP contribution >= 0.6 is 0 Å². The Morgan fingerprint density at radius 1 is 1.36 bits per heavy atom. The number of hydrogen-bond donors (Lipinski definition) is 2. The van der Waals surface area contributed by atoms with Gasteiger partial charge in [0, 0.05) is 36.9 Å². The molecule has 1 aliphatic rings. The molecule has 1 fully saturated rings. The number of carbonyl (C=O) groups excluding carboxylic acids is 1. The van der Waals surface area contributed by atoms with E-state index in [0.29, 0.717) is 25.9 Å². The SMILES string of the molecule is CC(N)CCC(=O)Nc1cccc(N2CCS(=O)(=O)CC2)c1. The van der Waals surface area contributed by atoms with Gasteiger partial charge in [-0.3, -0.25) is 4.79 Å². The minimum absolute atomic E-state index is 0.00684. The summed E-state index contributed by atoms with van der Waals surface area (Å²) in [5.41, 5.74) is 7.30. The van der Waals surface area contributed by atoms with Crippen molar-refractivity contribution >= 4 is 27.1 Å². The molecule has 1 atom stereocenters. The number of rotatable bonds is 5. The Kier molecular flexibility index (Phi) is 5.42. The molecule has 2 rings (SSSR count). The molecule has 0 radical (unpaired) electrons. The van der Waals surface area contributed by atoms with Gasteiger partial charge in [0.1, 0.15) is 0 Å². The molecule has 0 saturated carbocycles. The maximum atomic E-state index is 11.8. The largest absolute Gasteiger partial charge is 0.369 e. The second-order valence-electron chi connectivity index (χ2n) is 5.75. The standard InChI is InChI=1S/C15H23N3O3S/c1-12(16)5-6-15(19)17-13-3-2-4-14(11-13)18-7-9-22(20,21)10-8-18/h2-4,11-12H,5-10,16H2,1H3,(H,17,19). The quantitative estimate of drug-likeness (QED) is 0.842. The fourth-order valence-corrected chi connectivity index (χ4v) is 3.53. The minimum Gasteiger partial charge on any atom is -0.369 e. The van der Waals surface area contributed by atoms with Crippen LogP contribution in [0.15, 0.2) is 24.3 Å². The molecule has 1 aromatic rings. The van der Waals surface area contributed by atoms with Gasteiger partial charge in [-0.2, -0.15) is 0 Å². The molecule has 0 bridgehead atoms. The van der Waals surface area contributed by atoms with E-state index in [1.54, 1.807) is 0 Å². The zero-order valence-electron chi connectivity index (χ0n) is 12.8. The van der Waals surface area contributed by atoms with Crippen molar-refractivity contribution in [2.45, 2.75) is 25.8 Å². The predicted molar refractivity (Wildman–Crippen MR) is 88.8 cm³/mol. The summed E-state index contributed by atoms with van der Waals surface area (Å²) in [6.07, 6.45) is 1.04. The Morgan fingerprint density at radius 3 is 2.68 bits per heavy atom. The average Bonchev–Trinajstić information content (AvgIpc) is 2.45. The lowest BCUT2D eigenvalue weighted by atomic mass is 10.2. The smallest absolute Gasteiger partial charge is 0.224 e. The molecule has 1 heterocycles. The molecule has 0 aromatic heterocycles. The third-order valence-electron chi connectivity index (χ3n) is 3.67. The number of hydrogen-bond acceptors (Lipinski definition) is 5. The number of sulfone groups is 1. The first-order chi connectivity index (χ1) is 10.4. The van der Waals surface area contributed by atoms with E-state index < -0.39 is 9.84 Å². The highest BCUT2D eigenvalue weighted by Crippen LogP contribution is 2.21. The van der Waals surface area contributed by atoms with E-state index in [1.807, 2.05) is 36.1 Å². The summed E-state index contributed by atoms with van der Waals surface area (Å²) < 4.78 is 22.9. The summed E-state index contributed by atoms with van der Waals surface area (Å²) in [5, 5.41) is 2.85. The van der Waals surface area contributed by atoms with Crippen molar-refractivity contribution in [3.63, 3.8) is 0 Å². The average molecular weight is 325 g/mol. The van der Waals surface area contributed by atoms with Crippen LogP contribution in [-0.2, 0) is 14.6 Å². The molecule has 1 unspecified atom stereocenters. The second-order valence-corrected chi connectivity index (χ2v) is 8.06. The van der Waals surface area contributed by atoms with Crippen LogP contribution in [0.25, 0.3) is 0 Å². The number of anilines is 2. The first-order valence-electron chi connectivity index (χ1n) is 7.46. The van der Waals surface area contributed by atoms with Crippen molar-refractivity contribution < 1.29 is 13.2 Å². The molecule has 1 aromatic carbocycles. The highest BCUT2D eigenvalue weighted by Gasteiger charge is 2.21. The van der Waals surface area contributed by atoms with E-state index in [-0.39, 0.29) is 23.5 Å². The van der Waals surface area contributed by atoms with Gasteiger partial charge in [-0.05, 0) is 31.5 Å². The van der Waals surface area contributed by atoms with Gasteiger partial charge in [0.2, 0.25) is 5.91 Å². The topological polar surface area (TPSA) is 92.5 Å². The number of nitrogens with zero attached hydrogens (tertiary/aromatic N) is 1. The molecule has 7 heteroatoms. The zero-order chi connectivity index (χ0) is 16.2. The number of benzene rings is 1. The Bertz CT molecular complexity index is 615. The Morgan fingerprint density at radius 2 is 2.05 bits per heavy atom. The first kappa shape index (κ1) is 16.8. The lowest BCUT2D eigenvalue weighted by Gasteiger charge is -2.29. The zero-order valence-corrected chi connectivity index (χ0v) is 13.6. The fraction of sp³-hybridized carbons (Fsp3) is 0.533. The molecule has 6 nitrogen and oxygen atoms in total. The van der Waals surface area contributed by atoms with Crippen molar-refractivity contribution in [3.05, 3.63) is 24.3 Å². The summed E-state index contributed by atoms with van der Waals surface area (Å²) in [6.45, 7) is 2.85. The van der Waals surface area contributed by atoms with Gasteiger partial charge in [-0.1, -0.05) is 6.07 Å². The van der Waals surface area contributed by atoms with Crippen LogP contribution < -0.4 is 16.0 Å².